The van der Waals surface area contributed by atoms with Crippen molar-refractivity contribution in [2.24, 2.45) is 5.92 Å². The van der Waals surface area contributed by atoms with Crippen molar-refractivity contribution >= 4 is 0 Å². The van der Waals surface area contributed by atoms with Gasteiger partial charge in [0.05, 0.1) is 5.92 Å². The normalized spacial score (nSPS) is 25.8. The van der Waals surface area contributed by atoms with Crippen LogP contribution in [0.25, 0.3) is 0 Å². The Morgan fingerprint density at radius 1 is 1.12 bits per heavy atom. The van der Waals surface area contributed by atoms with E-state index in [-0.39, 0.29) is 19.0 Å². The molecule has 1 fully saturated rings. The van der Waals surface area contributed by atoms with Crippen molar-refractivity contribution in [1.82, 2.24) is 5.32 Å². The summed E-state index contributed by atoms with van der Waals surface area (Å²) in [6.07, 6.45) is -2.40. The molecule has 2 atom stereocenters. The smallest absolute Gasteiger partial charge is 0.313 e. The topological polar surface area (TPSA) is 12.0 Å². The van der Waals surface area contributed by atoms with Crippen LogP contribution in [-0.2, 0) is 6.42 Å². The monoisotopic (exact) mass is 243 g/mol. The van der Waals surface area contributed by atoms with E-state index in [1.807, 2.05) is 30.3 Å². The molecule has 0 radical (unpaired) electrons. The highest BCUT2D eigenvalue weighted by Crippen LogP contribution is 2.32. The molecule has 2 unspecified atom stereocenters. The molecule has 0 spiro atoms. The van der Waals surface area contributed by atoms with Crippen molar-refractivity contribution in [3.63, 3.8) is 0 Å². The molecule has 94 valence electrons. The summed E-state index contributed by atoms with van der Waals surface area (Å²) in [5.74, 6) is -1.17. The zero-order chi connectivity index (χ0) is 12.3. The van der Waals surface area contributed by atoms with Crippen molar-refractivity contribution in [2.45, 2.75) is 31.5 Å². The van der Waals surface area contributed by atoms with Crippen LogP contribution in [0, 0.1) is 5.92 Å². The van der Waals surface area contributed by atoms with Crippen LogP contribution in [0.15, 0.2) is 30.3 Å². The molecule has 4 heteroatoms. The third kappa shape index (κ3) is 3.46. The summed E-state index contributed by atoms with van der Waals surface area (Å²) in [6.45, 7) is 0.0565. The summed E-state index contributed by atoms with van der Waals surface area (Å²) in [7, 11) is 0. The van der Waals surface area contributed by atoms with Gasteiger partial charge in [-0.25, -0.2) is 0 Å². The number of alkyl halides is 3. The van der Waals surface area contributed by atoms with Gasteiger partial charge in [-0.15, -0.1) is 0 Å². The van der Waals surface area contributed by atoms with Gasteiger partial charge < -0.3 is 5.32 Å². The average molecular weight is 243 g/mol. The van der Waals surface area contributed by atoms with E-state index in [4.69, 9.17) is 0 Å². The fraction of sp³-hybridized carbons (Fsp3) is 0.538. The number of benzene rings is 1. The molecule has 1 aliphatic heterocycles. The Morgan fingerprint density at radius 2 is 1.82 bits per heavy atom. The largest absolute Gasteiger partial charge is 0.393 e. The highest BCUT2D eigenvalue weighted by atomic mass is 19.4. The van der Waals surface area contributed by atoms with E-state index in [0.717, 1.165) is 6.42 Å². The van der Waals surface area contributed by atoms with Gasteiger partial charge in [-0.05, 0) is 24.8 Å². The number of nitrogens with one attached hydrogen (secondary N) is 1. The molecule has 1 aliphatic rings. The fourth-order valence-corrected chi connectivity index (χ4v) is 2.27. The first-order valence-corrected chi connectivity index (χ1v) is 5.90. The number of hydrogen-bond donors (Lipinski definition) is 1. The van der Waals surface area contributed by atoms with E-state index in [1.54, 1.807) is 0 Å². The Labute approximate surface area is 99.0 Å². The number of halogens is 3. The van der Waals surface area contributed by atoms with E-state index < -0.39 is 12.1 Å². The van der Waals surface area contributed by atoms with E-state index in [0.29, 0.717) is 6.42 Å². The van der Waals surface area contributed by atoms with Gasteiger partial charge in [0.15, 0.2) is 0 Å². The summed E-state index contributed by atoms with van der Waals surface area (Å²) >= 11 is 0. The zero-order valence-corrected chi connectivity index (χ0v) is 9.50. The van der Waals surface area contributed by atoms with Crippen LogP contribution in [0.2, 0.25) is 0 Å². The maximum Gasteiger partial charge on any atom is 0.393 e. The summed E-state index contributed by atoms with van der Waals surface area (Å²) in [5.41, 5.74) is 1.18. The summed E-state index contributed by atoms with van der Waals surface area (Å²) in [5, 5.41) is 3.00. The fourth-order valence-electron chi connectivity index (χ4n) is 2.27. The number of piperidine rings is 1. The van der Waals surface area contributed by atoms with Crippen LogP contribution < -0.4 is 5.32 Å². The second-order valence-electron chi connectivity index (χ2n) is 4.61. The maximum absolute atomic E-state index is 12.5. The minimum Gasteiger partial charge on any atom is -0.313 e. The Morgan fingerprint density at radius 3 is 2.35 bits per heavy atom. The Kier molecular flexibility index (Phi) is 3.72. The van der Waals surface area contributed by atoms with Gasteiger partial charge in [-0.3, -0.25) is 0 Å². The molecule has 1 aromatic carbocycles. The lowest BCUT2D eigenvalue weighted by Gasteiger charge is -2.31. The zero-order valence-electron chi connectivity index (χ0n) is 9.50. The third-order valence-electron chi connectivity index (χ3n) is 3.30. The molecular weight excluding hydrogens is 227 g/mol. The SMILES string of the molecule is FC(F)(F)C1CCC(Cc2ccccc2)NC1. The molecule has 0 saturated carbocycles. The highest BCUT2D eigenvalue weighted by molar-refractivity contribution is 5.16. The molecule has 2 rings (SSSR count). The van der Waals surface area contributed by atoms with Crippen LogP contribution in [0.1, 0.15) is 18.4 Å². The van der Waals surface area contributed by atoms with Crippen LogP contribution in [0.5, 0.6) is 0 Å². The number of rotatable bonds is 2. The average Bonchev–Trinajstić information content (AvgIpc) is 2.30. The summed E-state index contributed by atoms with van der Waals surface area (Å²) < 4.78 is 37.4. The van der Waals surface area contributed by atoms with Gasteiger partial charge in [0, 0.05) is 12.6 Å². The molecule has 1 N–H and O–H groups in total. The van der Waals surface area contributed by atoms with Crippen molar-refractivity contribution in [3.8, 4) is 0 Å². The molecule has 17 heavy (non-hydrogen) atoms. The van der Waals surface area contributed by atoms with Crippen molar-refractivity contribution < 1.29 is 13.2 Å². The maximum atomic E-state index is 12.5. The minimum absolute atomic E-state index is 0.0565. The summed E-state index contributed by atoms with van der Waals surface area (Å²) in [6, 6.07) is 10.1. The van der Waals surface area contributed by atoms with Crippen LogP contribution in [0.4, 0.5) is 13.2 Å². The van der Waals surface area contributed by atoms with Gasteiger partial charge >= 0.3 is 6.18 Å². The van der Waals surface area contributed by atoms with Crippen molar-refractivity contribution in [3.05, 3.63) is 35.9 Å². The molecule has 1 heterocycles. The van der Waals surface area contributed by atoms with Gasteiger partial charge in [0.1, 0.15) is 0 Å². The van der Waals surface area contributed by atoms with E-state index in [9.17, 15) is 13.2 Å². The van der Waals surface area contributed by atoms with Gasteiger partial charge in [-0.2, -0.15) is 13.2 Å². The molecule has 0 aliphatic carbocycles. The van der Waals surface area contributed by atoms with Crippen LogP contribution in [-0.4, -0.2) is 18.8 Å². The van der Waals surface area contributed by atoms with Gasteiger partial charge in [0.25, 0.3) is 0 Å². The van der Waals surface area contributed by atoms with E-state index >= 15 is 0 Å². The third-order valence-corrected chi connectivity index (χ3v) is 3.30. The Hall–Kier alpha value is -1.03. The van der Waals surface area contributed by atoms with Crippen molar-refractivity contribution in [2.75, 3.05) is 6.54 Å². The summed E-state index contributed by atoms with van der Waals surface area (Å²) in [4.78, 5) is 0. The quantitative estimate of drug-likeness (QED) is 0.841. The standard InChI is InChI=1S/C13H16F3N/c14-13(15,16)11-6-7-12(17-9-11)8-10-4-2-1-3-5-10/h1-5,11-12,17H,6-9H2. The first-order chi connectivity index (χ1) is 8.05. The molecule has 1 saturated heterocycles. The lowest BCUT2D eigenvalue weighted by atomic mass is 9.91. The molecule has 0 bridgehead atoms. The number of hydrogen-bond acceptors (Lipinski definition) is 1. The first kappa shape index (κ1) is 12.4. The Balaban J connectivity index is 1.84. The minimum atomic E-state index is -4.05. The molecule has 0 amide bonds. The van der Waals surface area contributed by atoms with Crippen molar-refractivity contribution in [1.29, 1.82) is 0 Å². The van der Waals surface area contributed by atoms with Crippen LogP contribution in [0.3, 0.4) is 0 Å². The molecular formula is C13H16F3N. The first-order valence-electron chi connectivity index (χ1n) is 5.90. The second kappa shape index (κ2) is 5.08. The van der Waals surface area contributed by atoms with Gasteiger partial charge in [0.2, 0.25) is 0 Å². The lowest BCUT2D eigenvalue weighted by molar-refractivity contribution is -0.179. The van der Waals surface area contributed by atoms with Gasteiger partial charge in [-0.1, -0.05) is 30.3 Å². The van der Waals surface area contributed by atoms with E-state index in [2.05, 4.69) is 5.32 Å². The van der Waals surface area contributed by atoms with E-state index in [1.165, 1.54) is 5.56 Å². The second-order valence-corrected chi connectivity index (χ2v) is 4.61. The molecule has 1 nitrogen and oxygen atoms in total. The van der Waals surface area contributed by atoms with Crippen LogP contribution >= 0.6 is 0 Å². The lowest BCUT2D eigenvalue weighted by Crippen LogP contribution is -2.45. The predicted octanol–water partition coefficient (Wildman–Crippen LogP) is 3.16. The molecule has 1 aromatic rings. The predicted molar refractivity (Wildman–Crippen MR) is 60.7 cm³/mol. The Bertz CT molecular complexity index is 339. The highest BCUT2D eigenvalue weighted by Gasteiger charge is 2.41. The molecule has 0 aromatic heterocycles.